The summed E-state index contributed by atoms with van der Waals surface area (Å²) >= 11 is -1.28. The SMILES string of the molecule is CCCCOC(=O)c1nnc(N=Nc2cc3c(cc2NS(=O)O)N(CCCC)C(C)CC3)s1. The van der Waals surface area contributed by atoms with E-state index in [0.29, 0.717) is 24.0 Å². The maximum atomic E-state index is 12.0. The zero-order valence-corrected chi connectivity index (χ0v) is 20.7. The van der Waals surface area contributed by atoms with E-state index in [1.165, 1.54) is 0 Å². The molecule has 2 unspecified atom stereocenters. The lowest BCUT2D eigenvalue weighted by molar-refractivity contribution is 0.0498. The van der Waals surface area contributed by atoms with Gasteiger partial charge in [0.2, 0.25) is 5.01 Å². The van der Waals surface area contributed by atoms with Crippen LogP contribution in [0.15, 0.2) is 22.4 Å². The molecule has 0 spiro atoms. The zero-order chi connectivity index (χ0) is 23.8. The number of hydrogen-bond acceptors (Lipinski definition) is 9. The number of carbonyl (C=O) groups excluding carboxylic acids is 1. The topological polar surface area (TPSA) is 129 Å². The fraction of sp³-hybridized carbons (Fsp3) is 0.571. The van der Waals surface area contributed by atoms with Gasteiger partial charge < -0.3 is 9.64 Å². The first-order chi connectivity index (χ1) is 15.9. The van der Waals surface area contributed by atoms with E-state index >= 15 is 0 Å². The molecule has 0 radical (unpaired) electrons. The van der Waals surface area contributed by atoms with Gasteiger partial charge in [-0.25, -0.2) is 9.00 Å². The third kappa shape index (κ3) is 6.78. The van der Waals surface area contributed by atoms with Gasteiger partial charge in [0.15, 0.2) is 0 Å². The molecule has 1 aromatic heterocycles. The highest BCUT2D eigenvalue weighted by molar-refractivity contribution is 7.80. The van der Waals surface area contributed by atoms with Crippen LogP contribution in [0.2, 0.25) is 0 Å². The fourth-order valence-electron chi connectivity index (χ4n) is 3.58. The predicted molar refractivity (Wildman–Crippen MR) is 130 cm³/mol. The second kappa shape index (κ2) is 12.1. The van der Waals surface area contributed by atoms with E-state index in [-0.39, 0.29) is 10.1 Å². The quantitative estimate of drug-likeness (QED) is 0.185. The molecular weight excluding hydrogens is 464 g/mol. The van der Waals surface area contributed by atoms with Gasteiger partial charge >= 0.3 is 5.97 Å². The molecule has 0 saturated carbocycles. The molecule has 10 nitrogen and oxygen atoms in total. The number of nitrogens with zero attached hydrogens (tertiary/aromatic N) is 5. The third-order valence-electron chi connectivity index (χ3n) is 5.38. The normalized spacial score (nSPS) is 16.6. The van der Waals surface area contributed by atoms with E-state index in [2.05, 4.69) is 43.9 Å². The van der Waals surface area contributed by atoms with Crippen LogP contribution in [0.3, 0.4) is 0 Å². The summed E-state index contributed by atoms with van der Waals surface area (Å²) in [5.41, 5.74) is 2.98. The van der Waals surface area contributed by atoms with Gasteiger partial charge in [-0.2, -0.15) is 0 Å². The van der Waals surface area contributed by atoms with Crippen LogP contribution in [0.5, 0.6) is 0 Å². The summed E-state index contributed by atoms with van der Waals surface area (Å²) in [5.74, 6) is -0.532. The molecule has 2 aromatic rings. The van der Waals surface area contributed by atoms with Crippen molar-refractivity contribution in [1.29, 1.82) is 0 Å². The Balaban J connectivity index is 1.85. The molecular formula is C21H30N6O4S2. The fourth-order valence-corrected chi connectivity index (χ4v) is 4.49. The summed E-state index contributed by atoms with van der Waals surface area (Å²) in [6, 6.07) is 4.14. The van der Waals surface area contributed by atoms with Crippen LogP contribution < -0.4 is 9.62 Å². The first kappa shape index (κ1) is 25.2. The average molecular weight is 495 g/mol. The van der Waals surface area contributed by atoms with E-state index in [4.69, 9.17) is 4.74 Å². The lowest BCUT2D eigenvalue weighted by Crippen LogP contribution is -2.38. The van der Waals surface area contributed by atoms with Crippen molar-refractivity contribution >= 4 is 50.8 Å². The molecule has 0 aliphatic carbocycles. The maximum Gasteiger partial charge on any atom is 0.369 e. The van der Waals surface area contributed by atoms with Gasteiger partial charge in [-0.1, -0.05) is 38.0 Å². The van der Waals surface area contributed by atoms with Gasteiger partial charge in [0, 0.05) is 18.3 Å². The largest absolute Gasteiger partial charge is 0.460 e. The number of fused-ring (bicyclic) bond motifs is 1. The number of benzene rings is 1. The lowest BCUT2D eigenvalue weighted by Gasteiger charge is -2.37. The van der Waals surface area contributed by atoms with Crippen LogP contribution in [0, 0.1) is 0 Å². The van der Waals surface area contributed by atoms with E-state index in [1.54, 1.807) is 0 Å². The van der Waals surface area contributed by atoms with Crippen molar-refractivity contribution < 1.29 is 18.3 Å². The highest BCUT2D eigenvalue weighted by atomic mass is 32.2. The summed E-state index contributed by atoms with van der Waals surface area (Å²) in [7, 11) is 0. The highest BCUT2D eigenvalue weighted by Gasteiger charge is 2.25. The van der Waals surface area contributed by atoms with Crippen molar-refractivity contribution in [3.05, 3.63) is 22.7 Å². The lowest BCUT2D eigenvalue weighted by atomic mass is 9.95. The predicted octanol–water partition coefficient (Wildman–Crippen LogP) is 5.40. The number of ether oxygens (including phenoxy) is 1. The van der Waals surface area contributed by atoms with Crippen LogP contribution in [-0.2, 0) is 22.4 Å². The van der Waals surface area contributed by atoms with Gasteiger partial charge in [-0.05, 0) is 50.3 Å². The molecule has 1 aliphatic heterocycles. The average Bonchev–Trinajstić information content (AvgIpc) is 3.26. The summed E-state index contributed by atoms with van der Waals surface area (Å²) in [4.78, 5) is 14.4. The Morgan fingerprint density at radius 2 is 2.09 bits per heavy atom. The minimum Gasteiger partial charge on any atom is -0.460 e. The summed E-state index contributed by atoms with van der Waals surface area (Å²) in [6.45, 7) is 7.63. The molecule has 12 heteroatoms. The smallest absolute Gasteiger partial charge is 0.369 e. The molecule has 0 bridgehead atoms. The van der Waals surface area contributed by atoms with Crippen molar-refractivity contribution in [2.24, 2.45) is 10.2 Å². The van der Waals surface area contributed by atoms with Crippen LogP contribution in [0.4, 0.5) is 22.2 Å². The van der Waals surface area contributed by atoms with Gasteiger partial charge in [0.25, 0.3) is 16.4 Å². The van der Waals surface area contributed by atoms with Gasteiger partial charge in [0.1, 0.15) is 5.69 Å². The number of rotatable bonds is 11. The van der Waals surface area contributed by atoms with Gasteiger partial charge in [-0.15, -0.1) is 20.4 Å². The molecule has 2 N–H and O–H groups in total. The molecule has 2 atom stereocenters. The number of carbonyl (C=O) groups is 1. The summed E-state index contributed by atoms with van der Waals surface area (Å²) in [5, 5.41) is 16.4. The van der Waals surface area contributed by atoms with Crippen LogP contribution in [0.1, 0.15) is 68.2 Å². The molecule has 0 saturated heterocycles. The van der Waals surface area contributed by atoms with Crippen LogP contribution in [0.25, 0.3) is 0 Å². The minimum atomic E-state index is -2.26. The monoisotopic (exact) mass is 494 g/mol. The van der Waals surface area contributed by atoms with Crippen molar-refractivity contribution in [2.75, 3.05) is 22.8 Å². The molecule has 2 heterocycles. The molecule has 3 rings (SSSR count). The number of hydrogen-bond donors (Lipinski definition) is 2. The molecule has 0 amide bonds. The number of esters is 1. The van der Waals surface area contributed by atoms with Crippen molar-refractivity contribution in [3.63, 3.8) is 0 Å². The Labute approximate surface area is 200 Å². The van der Waals surface area contributed by atoms with Crippen molar-refractivity contribution in [3.8, 4) is 0 Å². The molecule has 180 valence electrons. The zero-order valence-electron chi connectivity index (χ0n) is 19.1. The Bertz CT molecular complexity index is 1010. The number of nitrogens with one attached hydrogen (secondary N) is 1. The number of azo groups is 1. The first-order valence-corrected chi connectivity index (χ1v) is 13.1. The van der Waals surface area contributed by atoms with Crippen LogP contribution in [-0.4, -0.2) is 44.1 Å². The van der Waals surface area contributed by atoms with E-state index in [0.717, 1.165) is 67.7 Å². The second-order valence-electron chi connectivity index (χ2n) is 7.86. The number of aryl methyl sites for hydroxylation is 1. The molecule has 0 fully saturated rings. The number of aromatic nitrogens is 2. The first-order valence-electron chi connectivity index (χ1n) is 11.2. The van der Waals surface area contributed by atoms with E-state index < -0.39 is 17.2 Å². The Morgan fingerprint density at radius 3 is 2.82 bits per heavy atom. The molecule has 33 heavy (non-hydrogen) atoms. The summed E-state index contributed by atoms with van der Waals surface area (Å²) in [6.07, 6.45) is 5.77. The second-order valence-corrected chi connectivity index (χ2v) is 9.52. The van der Waals surface area contributed by atoms with E-state index in [1.807, 2.05) is 19.1 Å². The van der Waals surface area contributed by atoms with Crippen molar-refractivity contribution in [1.82, 2.24) is 10.2 Å². The Morgan fingerprint density at radius 1 is 1.30 bits per heavy atom. The minimum absolute atomic E-state index is 0.112. The van der Waals surface area contributed by atoms with Crippen LogP contribution >= 0.6 is 11.3 Å². The van der Waals surface area contributed by atoms with Gasteiger partial charge in [0.05, 0.1) is 12.3 Å². The third-order valence-corrected chi connectivity index (χ3v) is 6.57. The van der Waals surface area contributed by atoms with Crippen molar-refractivity contribution in [2.45, 2.75) is 65.3 Å². The summed E-state index contributed by atoms with van der Waals surface area (Å²) < 4.78 is 28.6. The Hall–Kier alpha value is -2.44. The maximum absolute atomic E-state index is 12.0. The Kier molecular flexibility index (Phi) is 9.27. The molecule has 1 aromatic carbocycles. The highest BCUT2D eigenvalue weighted by Crippen LogP contribution is 2.39. The number of anilines is 2. The molecule has 1 aliphatic rings. The number of unbranched alkanes of at least 4 members (excludes halogenated alkanes) is 2. The van der Waals surface area contributed by atoms with E-state index in [9.17, 15) is 13.6 Å². The van der Waals surface area contributed by atoms with Gasteiger partial charge in [-0.3, -0.25) is 9.27 Å². The standard InChI is InChI=1S/C21H30N6O4S2/c1-4-6-10-27-14(3)8-9-15-12-16(17(13-18(15)27)26-33(29)30)22-24-21-25-23-19(32-21)20(28)31-11-7-5-2/h12-14,26H,4-11H2,1-3H3,(H,29,30).